The van der Waals surface area contributed by atoms with Crippen molar-refractivity contribution in [2.45, 2.75) is 0 Å². The van der Waals surface area contributed by atoms with Crippen LogP contribution in [0.3, 0.4) is 0 Å². The van der Waals surface area contributed by atoms with Gasteiger partial charge in [0.05, 0.1) is 5.69 Å². The van der Waals surface area contributed by atoms with Gasteiger partial charge in [-0.25, -0.2) is 19.6 Å². The average Bonchev–Trinajstić information content (AvgIpc) is 2.37. The van der Waals surface area contributed by atoms with E-state index in [1.54, 1.807) is 12.1 Å². The normalized spacial score (nSPS) is 10.4. The minimum atomic E-state index is -0.862. The molecule has 0 aliphatic heterocycles. The maximum absolute atomic E-state index is 13.6. The summed E-state index contributed by atoms with van der Waals surface area (Å²) in [6.07, 6.45) is 0. The third-order valence-electron chi connectivity index (χ3n) is 2.25. The van der Waals surface area contributed by atoms with Gasteiger partial charge in [-0.3, -0.25) is 0 Å². The van der Waals surface area contributed by atoms with E-state index in [0.29, 0.717) is 16.2 Å². The molecule has 4 N–H and O–H groups in total. The van der Waals surface area contributed by atoms with Crippen molar-refractivity contribution in [2.75, 3.05) is 10.7 Å². The number of anilines is 3. The van der Waals surface area contributed by atoms with E-state index in [1.807, 2.05) is 6.07 Å². The lowest BCUT2D eigenvalue weighted by atomic mass is 10.3. The molecule has 19 heavy (non-hydrogen) atoms. The van der Waals surface area contributed by atoms with Crippen molar-refractivity contribution < 1.29 is 8.78 Å². The number of hydrogen-bond donors (Lipinski definition) is 3. The van der Waals surface area contributed by atoms with Gasteiger partial charge in [-0.1, -0.05) is 15.9 Å². The van der Waals surface area contributed by atoms with Crippen LogP contribution >= 0.6 is 31.9 Å². The summed E-state index contributed by atoms with van der Waals surface area (Å²) in [6, 6.07) is 6.02. The van der Waals surface area contributed by atoms with Crippen LogP contribution in [0.25, 0.3) is 0 Å². The van der Waals surface area contributed by atoms with Crippen molar-refractivity contribution in [3.63, 3.8) is 0 Å². The molecule has 0 amide bonds. The zero-order valence-corrected chi connectivity index (χ0v) is 12.5. The molecule has 0 aliphatic carbocycles. The molecule has 0 atom stereocenters. The molecule has 0 saturated carbocycles. The van der Waals surface area contributed by atoms with Crippen molar-refractivity contribution in [3.8, 4) is 0 Å². The molecule has 0 unspecified atom stereocenters. The van der Waals surface area contributed by atoms with Gasteiger partial charge in [-0.15, -0.1) is 0 Å². The van der Waals surface area contributed by atoms with Gasteiger partial charge in [0.2, 0.25) is 0 Å². The standard InChI is InChI=1S/C11H8Br2F2N4/c12-5-1-2-6(13)9(3-5)17-10-7(14)4-8(15)11(18-10)19-16/h1-4H,16H2,(H2,17,18,19). The highest BCUT2D eigenvalue weighted by Gasteiger charge is 2.12. The number of nitrogens with one attached hydrogen (secondary N) is 2. The Morgan fingerprint density at radius 1 is 1.05 bits per heavy atom. The van der Waals surface area contributed by atoms with Crippen LogP contribution in [0, 0.1) is 11.6 Å². The van der Waals surface area contributed by atoms with Crippen molar-refractivity contribution in [1.82, 2.24) is 4.98 Å². The van der Waals surface area contributed by atoms with Crippen molar-refractivity contribution in [1.29, 1.82) is 0 Å². The fourth-order valence-electron chi connectivity index (χ4n) is 1.38. The van der Waals surface area contributed by atoms with Crippen LogP contribution in [0.5, 0.6) is 0 Å². The number of rotatable bonds is 3. The fraction of sp³-hybridized carbons (Fsp3) is 0. The highest BCUT2D eigenvalue weighted by atomic mass is 79.9. The molecular weight excluding hydrogens is 386 g/mol. The van der Waals surface area contributed by atoms with Gasteiger partial charge in [0.25, 0.3) is 0 Å². The van der Waals surface area contributed by atoms with Crippen molar-refractivity contribution in [3.05, 3.63) is 44.8 Å². The molecule has 2 rings (SSSR count). The molecule has 0 saturated heterocycles. The summed E-state index contributed by atoms with van der Waals surface area (Å²) < 4.78 is 28.4. The van der Waals surface area contributed by atoms with Crippen LogP contribution in [0.2, 0.25) is 0 Å². The minimum absolute atomic E-state index is 0.131. The molecule has 1 aromatic carbocycles. The van der Waals surface area contributed by atoms with Gasteiger partial charge in [-0.2, -0.15) is 0 Å². The first-order valence-electron chi connectivity index (χ1n) is 5.06. The predicted molar refractivity (Wildman–Crippen MR) is 77.1 cm³/mol. The van der Waals surface area contributed by atoms with E-state index >= 15 is 0 Å². The van der Waals surface area contributed by atoms with Crippen LogP contribution in [0.1, 0.15) is 0 Å². The quantitative estimate of drug-likeness (QED) is 0.546. The van der Waals surface area contributed by atoms with Crippen molar-refractivity contribution >= 4 is 49.2 Å². The third-order valence-corrected chi connectivity index (χ3v) is 3.43. The molecule has 2 aromatic rings. The summed E-state index contributed by atoms with van der Waals surface area (Å²) in [5.41, 5.74) is 2.64. The predicted octanol–water partition coefficient (Wildman–Crippen LogP) is 3.91. The molecule has 100 valence electrons. The van der Waals surface area contributed by atoms with E-state index in [9.17, 15) is 8.78 Å². The molecular formula is C11H8Br2F2N4. The smallest absolute Gasteiger partial charge is 0.178 e. The molecule has 0 fully saturated rings. The Morgan fingerprint density at radius 2 is 1.74 bits per heavy atom. The van der Waals surface area contributed by atoms with Crippen molar-refractivity contribution in [2.24, 2.45) is 5.84 Å². The zero-order chi connectivity index (χ0) is 14.0. The lowest BCUT2D eigenvalue weighted by Crippen LogP contribution is -2.12. The van der Waals surface area contributed by atoms with Gasteiger partial charge in [0.1, 0.15) is 0 Å². The highest BCUT2D eigenvalue weighted by Crippen LogP contribution is 2.30. The topological polar surface area (TPSA) is 63.0 Å². The molecule has 8 heteroatoms. The van der Waals surface area contributed by atoms with Gasteiger partial charge in [0.15, 0.2) is 23.3 Å². The average molecular weight is 394 g/mol. The van der Waals surface area contributed by atoms with Crippen LogP contribution in [0.15, 0.2) is 33.2 Å². The first-order chi connectivity index (χ1) is 9.01. The zero-order valence-electron chi connectivity index (χ0n) is 9.35. The second-order valence-corrected chi connectivity index (χ2v) is 5.31. The number of nitrogen functional groups attached to an aromatic ring is 1. The van der Waals surface area contributed by atoms with Crippen LogP contribution in [-0.2, 0) is 0 Å². The Labute approximate surface area is 124 Å². The molecule has 0 aliphatic rings. The van der Waals surface area contributed by atoms with Crippen LogP contribution in [0.4, 0.5) is 26.1 Å². The Balaban J connectivity index is 2.40. The summed E-state index contributed by atoms with van der Waals surface area (Å²) in [4.78, 5) is 3.72. The first-order valence-corrected chi connectivity index (χ1v) is 6.64. The summed E-state index contributed by atoms with van der Waals surface area (Å²) >= 11 is 6.62. The Kier molecular flexibility index (Phi) is 4.33. The molecule has 0 radical (unpaired) electrons. The molecule has 1 heterocycles. The number of pyridine rings is 1. The maximum Gasteiger partial charge on any atom is 0.178 e. The van der Waals surface area contributed by atoms with Gasteiger partial charge < -0.3 is 10.7 Å². The monoisotopic (exact) mass is 392 g/mol. The Bertz CT molecular complexity index is 622. The van der Waals surface area contributed by atoms with Crippen LogP contribution in [-0.4, -0.2) is 4.98 Å². The number of hydrogen-bond acceptors (Lipinski definition) is 4. The number of nitrogens with zero attached hydrogens (tertiary/aromatic N) is 1. The lowest BCUT2D eigenvalue weighted by Gasteiger charge is -2.11. The molecule has 1 aromatic heterocycles. The molecule has 0 spiro atoms. The fourth-order valence-corrected chi connectivity index (χ4v) is 2.08. The van der Waals surface area contributed by atoms with Gasteiger partial charge >= 0.3 is 0 Å². The van der Waals surface area contributed by atoms with Gasteiger partial charge in [-0.05, 0) is 34.1 Å². The largest absolute Gasteiger partial charge is 0.337 e. The first kappa shape index (κ1) is 14.2. The SMILES string of the molecule is NNc1nc(Nc2cc(Br)ccc2Br)c(F)cc1F. The molecule has 4 nitrogen and oxygen atoms in total. The van der Waals surface area contributed by atoms with E-state index in [1.165, 1.54) is 0 Å². The number of halogens is 4. The number of aromatic nitrogens is 1. The number of nitrogens with two attached hydrogens (primary N) is 1. The summed E-state index contributed by atoms with van der Waals surface area (Å²) in [5.74, 6) is 3.05. The Morgan fingerprint density at radius 3 is 2.42 bits per heavy atom. The summed E-state index contributed by atoms with van der Waals surface area (Å²) in [6.45, 7) is 0. The van der Waals surface area contributed by atoms with Crippen LogP contribution < -0.4 is 16.6 Å². The lowest BCUT2D eigenvalue weighted by molar-refractivity contribution is 0.579. The third kappa shape index (κ3) is 3.20. The second-order valence-electron chi connectivity index (χ2n) is 3.54. The van der Waals surface area contributed by atoms with E-state index in [-0.39, 0.29) is 11.6 Å². The highest BCUT2D eigenvalue weighted by molar-refractivity contribution is 9.11. The number of benzene rings is 1. The van der Waals surface area contributed by atoms with E-state index in [0.717, 1.165) is 4.47 Å². The Hall–Kier alpha value is -1.25. The summed E-state index contributed by atoms with van der Waals surface area (Å²) in [7, 11) is 0. The van der Waals surface area contributed by atoms with E-state index in [4.69, 9.17) is 5.84 Å². The maximum atomic E-state index is 13.6. The van der Waals surface area contributed by atoms with E-state index in [2.05, 4.69) is 47.6 Å². The minimum Gasteiger partial charge on any atom is -0.337 e. The number of hydrazine groups is 1. The van der Waals surface area contributed by atoms with E-state index < -0.39 is 11.6 Å². The molecule has 0 bridgehead atoms. The van der Waals surface area contributed by atoms with Gasteiger partial charge in [0, 0.05) is 15.0 Å². The second kappa shape index (κ2) is 5.81. The summed E-state index contributed by atoms with van der Waals surface area (Å²) in [5, 5.41) is 2.76.